The van der Waals surface area contributed by atoms with Crippen molar-refractivity contribution >= 4 is 5.78 Å². The quantitative estimate of drug-likeness (QED) is 0.394. The van der Waals surface area contributed by atoms with Crippen LogP contribution in [0.5, 0.6) is 5.75 Å². The van der Waals surface area contributed by atoms with E-state index >= 15 is 0 Å². The van der Waals surface area contributed by atoms with Gasteiger partial charge in [0.15, 0.2) is 5.78 Å². The van der Waals surface area contributed by atoms with Gasteiger partial charge in [0.05, 0.1) is 0 Å². The van der Waals surface area contributed by atoms with Gasteiger partial charge in [-0.3, -0.25) is 4.79 Å². The lowest BCUT2D eigenvalue weighted by molar-refractivity contribution is 0.0978. The van der Waals surface area contributed by atoms with Crippen LogP contribution in [0.1, 0.15) is 114 Å². The van der Waals surface area contributed by atoms with Crippen molar-refractivity contribution in [1.82, 2.24) is 4.90 Å². The van der Waals surface area contributed by atoms with Gasteiger partial charge in [-0.1, -0.05) is 60.8 Å². The second-order valence-electron chi connectivity index (χ2n) is 10.9. The number of aromatic hydroxyl groups is 1. The molecule has 0 radical (unpaired) electrons. The van der Waals surface area contributed by atoms with Gasteiger partial charge in [0.25, 0.3) is 0 Å². The maximum absolute atomic E-state index is 12.9. The molecule has 29 heavy (non-hydrogen) atoms. The Labute approximate surface area is 178 Å². The second-order valence-corrected chi connectivity index (χ2v) is 10.9. The summed E-state index contributed by atoms with van der Waals surface area (Å²) in [5, 5.41) is 10.8. The molecule has 2 rings (SSSR count). The smallest absolute Gasteiger partial charge is 0.162 e. The molecule has 1 aromatic rings. The summed E-state index contributed by atoms with van der Waals surface area (Å²) in [6.45, 7) is 16.3. The number of phenols is 1. The number of likely N-dealkylation sites (tertiary alicyclic amines) is 1. The highest BCUT2D eigenvalue weighted by Crippen LogP contribution is 2.40. The van der Waals surface area contributed by atoms with E-state index in [0.717, 1.165) is 29.5 Å². The average molecular weight is 402 g/mol. The summed E-state index contributed by atoms with van der Waals surface area (Å²) in [5.74, 6) is 0.552. The molecule has 0 atom stereocenters. The number of piperidine rings is 1. The third-order valence-electron chi connectivity index (χ3n) is 6.12. The number of carbonyl (C=O) groups excluding carboxylic acids is 1. The van der Waals surface area contributed by atoms with Crippen LogP contribution in [0, 0.1) is 0 Å². The molecule has 1 aromatic carbocycles. The van der Waals surface area contributed by atoms with Gasteiger partial charge in [-0.2, -0.15) is 0 Å². The van der Waals surface area contributed by atoms with Crippen LogP contribution in [-0.4, -0.2) is 35.4 Å². The van der Waals surface area contributed by atoms with E-state index in [1.54, 1.807) is 0 Å². The van der Waals surface area contributed by atoms with Crippen LogP contribution in [0.25, 0.3) is 0 Å². The van der Waals surface area contributed by atoms with Crippen molar-refractivity contribution in [3.05, 3.63) is 28.8 Å². The van der Waals surface area contributed by atoms with E-state index in [-0.39, 0.29) is 16.6 Å². The summed E-state index contributed by atoms with van der Waals surface area (Å²) in [7, 11) is 0. The highest BCUT2D eigenvalue weighted by Gasteiger charge is 2.27. The lowest BCUT2D eigenvalue weighted by atomic mass is 9.78. The molecular formula is C26H43NO2. The summed E-state index contributed by atoms with van der Waals surface area (Å²) < 4.78 is 0. The predicted molar refractivity (Wildman–Crippen MR) is 123 cm³/mol. The summed E-state index contributed by atoms with van der Waals surface area (Å²) in [5.41, 5.74) is 2.10. The van der Waals surface area contributed by atoms with Gasteiger partial charge < -0.3 is 10.0 Å². The van der Waals surface area contributed by atoms with Crippen molar-refractivity contribution in [1.29, 1.82) is 0 Å². The number of ketones is 1. The van der Waals surface area contributed by atoms with Crippen molar-refractivity contribution < 1.29 is 9.90 Å². The molecule has 0 bridgehead atoms. The summed E-state index contributed by atoms with van der Waals surface area (Å²) in [4.78, 5) is 15.5. The van der Waals surface area contributed by atoms with Crippen molar-refractivity contribution in [3.8, 4) is 5.75 Å². The highest BCUT2D eigenvalue weighted by atomic mass is 16.3. The molecule has 1 aliphatic heterocycles. The van der Waals surface area contributed by atoms with Gasteiger partial charge in [0.1, 0.15) is 5.75 Å². The highest BCUT2D eigenvalue weighted by molar-refractivity contribution is 5.96. The largest absolute Gasteiger partial charge is 0.507 e. The van der Waals surface area contributed by atoms with Crippen molar-refractivity contribution in [3.63, 3.8) is 0 Å². The van der Waals surface area contributed by atoms with Crippen LogP contribution in [-0.2, 0) is 10.8 Å². The number of carbonyl (C=O) groups is 1. The molecule has 0 aromatic heterocycles. The molecule has 1 N–H and O–H groups in total. The molecule has 1 fully saturated rings. The molecule has 0 amide bonds. The standard InChI is InChI=1S/C26H43NO2/c1-25(2,3)21-18-20(19-22(24(21)29)26(4,5)6)23(28)14-10-7-8-11-15-27-16-12-9-13-17-27/h18-19,29H,7-17H2,1-6H3. The Morgan fingerprint density at radius 1 is 0.862 bits per heavy atom. The topological polar surface area (TPSA) is 40.5 Å². The number of phenolic OH excluding ortho intramolecular Hbond substituents is 1. The first kappa shape index (κ1) is 23.9. The van der Waals surface area contributed by atoms with E-state index in [4.69, 9.17) is 0 Å². The van der Waals surface area contributed by atoms with Gasteiger partial charge in [-0.25, -0.2) is 0 Å². The van der Waals surface area contributed by atoms with E-state index < -0.39 is 0 Å². The van der Waals surface area contributed by atoms with Crippen LogP contribution >= 0.6 is 0 Å². The Balaban J connectivity index is 1.92. The SMILES string of the molecule is CC(C)(C)c1cc(C(=O)CCCCCCN2CCCCC2)cc(C(C)(C)C)c1O. The first-order valence-electron chi connectivity index (χ1n) is 11.6. The first-order chi connectivity index (χ1) is 13.5. The zero-order chi connectivity index (χ0) is 21.7. The van der Waals surface area contributed by atoms with Crippen LogP contribution < -0.4 is 0 Å². The van der Waals surface area contributed by atoms with E-state index in [1.165, 1.54) is 51.7 Å². The average Bonchev–Trinajstić information content (AvgIpc) is 2.63. The van der Waals surface area contributed by atoms with Crippen molar-refractivity contribution in [2.45, 2.75) is 104 Å². The van der Waals surface area contributed by atoms with E-state index in [2.05, 4.69) is 46.4 Å². The van der Waals surface area contributed by atoms with Crippen molar-refractivity contribution in [2.75, 3.05) is 19.6 Å². The van der Waals surface area contributed by atoms with E-state index in [0.29, 0.717) is 12.2 Å². The minimum atomic E-state index is -0.200. The maximum atomic E-state index is 12.9. The fourth-order valence-electron chi connectivity index (χ4n) is 4.24. The molecule has 1 saturated heterocycles. The fourth-order valence-corrected chi connectivity index (χ4v) is 4.24. The molecule has 1 aliphatic rings. The maximum Gasteiger partial charge on any atom is 0.162 e. The Hall–Kier alpha value is -1.35. The Kier molecular flexibility index (Phi) is 8.34. The number of hydrogen-bond acceptors (Lipinski definition) is 3. The van der Waals surface area contributed by atoms with Gasteiger partial charge in [-0.15, -0.1) is 0 Å². The zero-order valence-corrected chi connectivity index (χ0v) is 19.7. The van der Waals surface area contributed by atoms with Crippen LogP contribution in [0.15, 0.2) is 12.1 Å². The molecule has 3 nitrogen and oxygen atoms in total. The number of hydrogen-bond donors (Lipinski definition) is 1. The molecule has 0 spiro atoms. The minimum absolute atomic E-state index is 0.200. The number of benzene rings is 1. The van der Waals surface area contributed by atoms with Gasteiger partial charge in [-0.05, 0) is 68.3 Å². The number of rotatable bonds is 8. The third-order valence-corrected chi connectivity index (χ3v) is 6.12. The number of Topliss-reactive ketones (excluding diaryl/α,β-unsaturated/α-hetero) is 1. The monoisotopic (exact) mass is 401 g/mol. The van der Waals surface area contributed by atoms with E-state index in [9.17, 15) is 9.90 Å². The molecule has 0 saturated carbocycles. The van der Waals surface area contributed by atoms with Gasteiger partial charge in [0.2, 0.25) is 0 Å². The summed E-state index contributed by atoms with van der Waals surface area (Å²) >= 11 is 0. The molecule has 3 heteroatoms. The van der Waals surface area contributed by atoms with Gasteiger partial charge in [0, 0.05) is 23.1 Å². The fraction of sp³-hybridized carbons (Fsp3) is 0.731. The Bertz CT molecular complexity index is 638. The molecule has 0 unspecified atom stereocenters. The summed E-state index contributed by atoms with van der Waals surface area (Å²) in [6.07, 6.45) is 9.23. The lowest BCUT2D eigenvalue weighted by Crippen LogP contribution is -2.30. The molecular weight excluding hydrogens is 358 g/mol. The molecule has 164 valence electrons. The Morgan fingerprint density at radius 3 is 1.90 bits per heavy atom. The number of unbranched alkanes of at least 4 members (excludes halogenated alkanes) is 3. The summed E-state index contributed by atoms with van der Waals surface area (Å²) in [6, 6.07) is 3.84. The minimum Gasteiger partial charge on any atom is -0.507 e. The normalized spacial score (nSPS) is 16.2. The first-order valence-corrected chi connectivity index (χ1v) is 11.6. The second kappa shape index (κ2) is 10.1. The van der Waals surface area contributed by atoms with Crippen LogP contribution in [0.4, 0.5) is 0 Å². The molecule has 0 aliphatic carbocycles. The van der Waals surface area contributed by atoms with Crippen molar-refractivity contribution in [2.24, 2.45) is 0 Å². The number of nitrogens with zero attached hydrogens (tertiary/aromatic N) is 1. The third kappa shape index (κ3) is 7.13. The lowest BCUT2D eigenvalue weighted by Gasteiger charge is -2.28. The van der Waals surface area contributed by atoms with Gasteiger partial charge >= 0.3 is 0 Å². The van der Waals surface area contributed by atoms with Crippen LogP contribution in [0.2, 0.25) is 0 Å². The molecule has 1 heterocycles. The predicted octanol–water partition coefficient (Wildman–Crippen LogP) is 6.61. The van der Waals surface area contributed by atoms with E-state index in [1.807, 2.05) is 12.1 Å². The Morgan fingerprint density at radius 2 is 1.38 bits per heavy atom. The zero-order valence-electron chi connectivity index (χ0n) is 19.7. The van der Waals surface area contributed by atoms with Crippen LogP contribution in [0.3, 0.4) is 0 Å².